The van der Waals surface area contributed by atoms with Crippen molar-refractivity contribution in [3.8, 4) is 0 Å². The Balaban J connectivity index is 2.15. The van der Waals surface area contributed by atoms with Crippen LogP contribution in [0.2, 0.25) is 0 Å². The topological polar surface area (TPSA) is 20.3 Å². The fourth-order valence-electron chi connectivity index (χ4n) is 2.35. The maximum atomic E-state index is 12.5. The molecule has 0 N–H and O–H groups in total. The van der Waals surface area contributed by atoms with Crippen LogP contribution in [0.1, 0.15) is 30.6 Å². The molecule has 4 heteroatoms. The highest BCUT2D eigenvalue weighted by molar-refractivity contribution is 14.1. The summed E-state index contributed by atoms with van der Waals surface area (Å²) >= 11 is 5.71. The van der Waals surface area contributed by atoms with Crippen molar-refractivity contribution in [2.24, 2.45) is 11.8 Å². The lowest BCUT2D eigenvalue weighted by atomic mass is 9.95. The van der Waals surface area contributed by atoms with Gasteiger partial charge in [-0.3, -0.25) is 4.79 Å². The molecule has 98 valence electrons. The van der Waals surface area contributed by atoms with E-state index in [1.807, 2.05) is 23.1 Å². The van der Waals surface area contributed by atoms with E-state index in [9.17, 15) is 4.79 Å². The van der Waals surface area contributed by atoms with E-state index in [1.165, 1.54) is 0 Å². The summed E-state index contributed by atoms with van der Waals surface area (Å²) in [5.74, 6) is 1.46. The van der Waals surface area contributed by atoms with Gasteiger partial charge < -0.3 is 4.90 Å². The molecule has 1 unspecified atom stereocenters. The van der Waals surface area contributed by atoms with Gasteiger partial charge in [0.05, 0.1) is 5.56 Å². The van der Waals surface area contributed by atoms with Crippen molar-refractivity contribution in [3.05, 3.63) is 31.8 Å². The number of likely N-dealkylation sites (tertiary alicyclic amines) is 1. The fourth-order valence-corrected chi connectivity index (χ4v) is 3.26. The van der Waals surface area contributed by atoms with Crippen LogP contribution in [0.4, 0.5) is 0 Å². The molecule has 0 bridgehead atoms. The van der Waals surface area contributed by atoms with Crippen LogP contribution < -0.4 is 0 Å². The molecule has 0 radical (unpaired) electrons. The number of rotatable bonds is 2. The Labute approximate surface area is 130 Å². The smallest absolute Gasteiger partial charge is 0.255 e. The zero-order valence-electron chi connectivity index (χ0n) is 10.6. The van der Waals surface area contributed by atoms with Gasteiger partial charge in [0.15, 0.2) is 0 Å². The van der Waals surface area contributed by atoms with E-state index in [0.717, 1.165) is 33.1 Å². The number of benzene rings is 1. The first-order chi connectivity index (χ1) is 8.49. The van der Waals surface area contributed by atoms with E-state index in [-0.39, 0.29) is 5.91 Å². The summed E-state index contributed by atoms with van der Waals surface area (Å²) in [7, 11) is 0. The Hall–Kier alpha value is -0.100. The summed E-state index contributed by atoms with van der Waals surface area (Å²) in [4.78, 5) is 14.5. The minimum atomic E-state index is 0.156. The van der Waals surface area contributed by atoms with E-state index in [1.54, 1.807) is 0 Å². The molecule has 1 aromatic carbocycles. The van der Waals surface area contributed by atoms with Gasteiger partial charge in [0.1, 0.15) is 0 Å². The number of carbonyl (C=O) groups is 1. The third-order valence-corrected chi connectivity index (χ3v) is 4.98. The third-order valence-electron chi connectivity index (χ3n) is 3.61. The van der Waals surface area contributed by atoms with Gasteiger partial charge in [-0.2, -0.15) is 0 Å². The molecule has 18 heavy (non-hydrogen) atoms. The highest BCUT2D eigenvalue weighted by atomic mass is 127. The second-order valence-electron chi connectivity index (χ2n) is 5.17. The molecule has 1 amide bonds. The van der Waals surface area contributed by atoms with Crippen LogP contribution in [0, 0.1) is 15.4 Å². The van der Waals surface area contributed by atoms with Crippen LogP contribution in [0.25, 0.3) is 0 Å². The quantitative estimate of drug-likeness (QED) is 0.656. The monoisotopic (exact) mass is 421 g/mol. The first-order valence-electron chi connectivity index (χ1n) is 6.23. The van der Waals surface area contributed by atoms with E-state index in [4.69, 9.17) is 0 Å². The largest absolute Gasteiger partial charge is 0.338 e. The normalized spacial score (nSPS) is 19.6. The molecule has 1 aromatic rings. The Morgan fingerprint density at radius 2 is 2.22 bits per heavy atom. The molecular formula is C14H17BrINO. The van der Waals surface area contributed by atoms with E-state index < -0.39 is 0 Å². The van der Waals surface area contributed by atoms with E-state index >= 15 is 0 Å². The SMILES string of the molecule is CC(C)C1CCN(C(=O)c2cc(I)ccc2Br)C1. The number of hydrogen-bond acceptors (Lipinski definition) is 1. The second-order valence-corrected chi connectivity index (χ2v) is 7.27. The van der Waals surface area contributed by atoms with Crippen molar-refractivity contribution in [2.75, 3.05) is 13.1 Å². The molecular weight excluding hydrogens is 405 g/mol. The molecule has 1 aliphatic rings. The van der Waals surface area contributed by atoms with Crippen LogP contribution in [-0.4, -0.2) is 23.9 Å². The number of halogens is 2. The lowest BCUT2D eigenvalue weighted by molar-refractivity contribution is 0.0783. The van der Waals surface area contributed by atoms with Crippen molar-refractivity contribution in [2.45, 2.75) is 20.3 Å². The fraction of sp³-hybridized carbons (Fsp3) is 0.500. The summed E-state index contributed by atoms with van der Waals surface area (Å²) < 4.78 is 1.99. The summed E-state index contributed by atoms with van der Waals surface area (Å²) in [6, 6.07) is 5.91. The summed E-state index contributed by atoms with van der Waals surface area (Å²) in [5.41, 5.74) is 0.784. The number of nitrogens with zero attached hydrogens (tertiary/aromatic N) is 1. The Kier molecular flexibility index (Phi) is 4.69. The van der Waals surface area contributed by atoms with Gasteiger partial charge in [0, 0.05) is 21.1 Å². The number of hydrogen-bond donors (Lipinski definition) is 0. The molecule has 1 fully saturated rings. The summed E-state index contributed by atoms with van der Waals surface area (Å²) in [6.07, 6.45) is 1.13. The number of carbonyl (C=O) groups excluding carboxylic acids is 1. The molecule has 0 saturated carbocycles. The van der Waals surface area contributed by atoms with Gasteiger partial charge in [-0.15, -0.1) is 0 Å². The second kappa shape index (κ2) is 5.90. The molecule has 1 atom stereocenters. The zero-order valence-corrected chi connectivity index (χ0v) is 14.4. The molecule has 1 saturated heterocycles. The molecule has 1 heterocycles. The number of amides is 1. The Bertz CT molecular complexity index is 461. The van der Waals surface area contributed by atoms with Gasteiger partial charge in [0.2, 0.25) is 0 Å². The third kappa shape index (κ3) is 3.07. The highest BCUT2D eigenvalue weighted by Crippen LogP contribution is 2.27. The van der Waals surface area contributed by atoms with Crippen LogP contribution >= 0.6 is 38.5 Å². The zero-order chi connectivity index (χ0) is 13.3. The molecule has 0 aliphatic carbocycles. The maximum absolute atomic E-state index is 12.5. The first kappa shape index (κ1) is 14.3. The van der Waals surface area contributed by atoms with Gasteiger partial charge in [-0.25, -0.2) is 0 Å². The van der Waals surface area contributed by atoms with Gasteiger partial charge in [0.25, 0.3) is 5.91 Å². The van der Waals surface area contributed by atoms with Gasteiger partial charge in [-0.05, 0) is 75.0 Å². The lowest BCUT2D eigenvalue weighted by Gasteiger charge is -2.19. The molecule has 1 aliphatic heterocycles. The predicted molar refractivity (Wildman–Crippen MR) is 85.7 cm³/mol. The predicted octanol–water partition coefficient (Wildman–Crippen LogP) is 4.17. The average molecular weight is 422 g/mol. The molecule has 0 aromatic heterocycles. The first-order valence-corrected chi connectivity index (χ1v) is 8.10. The van der Waals surface area contributed by atoms with Crippen molar-refractivity contribution in [1.82, 2.24) is 4.90 Å². The highest BCUT2D eigenvalue weighted by Gasteiger charge is 2.29. The van der Waals surface area contributed by atoms with Gasteiger partial charge in [-0.1, -0.05) is 13.8 Å². The van der Waals surface area contributed by atoms with Crippen molar-refractivity contribution < 1.29 is 4.79 Å². The Morgan fingerprint density at radius 1 is 1.50 bits per heavy atom. The van der Waals surface area contributed by atoms with Crippen molar-refractivity contribution >= 4 is 44.4 Å². The van der Waals surface area contributed by atoms with Crippen molar-refractivity contribution in [3.63, 3.8) is 0 Å². The van der Waals surface area contributed by atoms with Crippen molar-refractivity contribution in [1.29, 1.82) is 0 Å². The van der Waals surface area contributed by atoms with Gasteiger partial charge >= 0.3 is 0 Å². The standard InChI is InChI=1S/C14H17BrINO/c1-9(2)10-5-6-17(8-10)14(18)12-7-11(16)3-4-13(12)15/h3-4,7,9-10H,5-6,8H2,1-2H3. The Morgan fingerprint density at radius 3 is 2.83 bits per heavy atom. The lowest BCUT2D eigenvalue weighted by Crippen LogP contribution is -2.29. The van der Waals surface area contributed by atoms with Crippen LogP contribution in [-0.2, 0) is 0 Å². The summed E-state index contributed by atoms with van der Waals surface area (Å²) in [5, 5.41) is 0. The van der Waals surface area contributed by atoms with E-state index in [0.29, 0.717) is 11.8 Å². The maximum Gasteiger partial charge on any atom is 0.255 e. The van der Waals surface area contributed by atoms with Crippen LogP contribution in [0.5, 0.6) is 0 Å². The molecule has 2 nitrogen and oxygen atoms in total. The minimum absolute atomic E-state index is 0.156. The van der Waals surface area contributed by atoms with E-state index in [2.05, 4.69) is 52.4 Å². The molecule has 2 rings (SSSR count). The average Bonchev–Trinajstić information content (AvgIpc) is 2.81. The van der Waals surface area contributed by atoms with Crippen LogP contribution in [0.3, 0.4) is 0 Å². The summed E-state index contributed by atoms with van der Waals surface area (Å²) in [6.45, 7) is 6.26. The van der Waals surface area contributed by atoms with Crippen LogP contribution in [0.15, 0.2) is 22.7 Å². The molecule has 0 spiro atoms. The minimum Gasteiger partial charge on any atom is -0.338 e.